The Balaban J connectivity index is 1.49. The van der Waals surface area contributed by atoms with E-state index in [0.29, 0.717) is 44.3 Å². The van der Waals surface area contributed by atoms with Gasteiger partial charge in [0.1, 0.15) is 0 Å². The standard InChI is InChI=1S/C19H26N4O3/c1-17(20,13-14-5-3-2-4-6-14)15-22-23-16(26-15)18(21)7-9-19(10-8-18)24-11-12-25-19/h2-6H,7-13,20-21H2,1H3/t17-/m1/s1. The first-order chi connectivity index (χ1) is 12.4. The molecule has 0 radical (unpaired) electrons. The maximum atomic E-state index is 6.59. The number of ether oxygens (including phenoxy) is 2. The molecule has 1 aliphatic heterocycles. The third-order valence-corrected chi connectivity index (χ3v) is 5.47. The Morgan fingerprint density at radius 2 is 1.69 bits per heavy atom. The second kappa shape index (κ2) is 6.42. The van der Waals surface area contributed by atoms with Gasteiger partial charge in [-0.2, -0.15) is 0 Å². The lowest BCUT2D eigenvalue weighted by atomic mass is 9.79. The smallest absolute Gasteiger partial charge is 0.236 e. The molecule has 1 aromatic carbocycles. The molecule has 7 nitrogen and oxygen atoms in total. The van der Waals surface area contributed by atoms with Gasteiger partial charge in [0, 0.05) is 12.8 Å². The Morgan fingerprint density at radius 1 is 1.04 bits per heavy atom. The molecular weight excluding hydrogens is 332 g/mol. The Hall–Kier alpha value is -1.80. The van der Waals surface area contributed by atoms with Gasteiger partial charge in [0.2, 0.25) is 11.8 Å². The largest absolute Gasteiger partial charge is 0.421 e. The van der Waals surface area contributed by atoms with Gasteiger partial charge in [-0.25, -0.2) is 0 Å². The van der Waals surface area contributed by atoms with Crippen molar-refractivity contribution in [2.24, 2.45) is 11.5 Å². The van der Waals surface area contributed by atoms with Crippen molar-refractivity contribution >= 4 is 0 Å². The van der Waals surface area contributed by atoms with Crippen LogP contribution in [0.3, 0.4) is 0 Å². The minimum atomic E-state index is -0.753. The second-order valence-electron chi connectivity index (χ2n) is 7.76. The van der Waals surface area contributed by atoms with Crippen LogP contribution in [-0.4, -0.2) is 29.2 Å². The summed E-state index contributed by atoms with van der Waals surface area (Å²) >= 11 is 0. The molecule has 4 N–H and O–H groups in total. The average molecular weight is 358 g/mol. The normalized spacial score (nSPS) is 23.8. The molecule has 1 aliphatic carbocycles. The van der Waals surface area contributed by atoms with Crippen LogP contribution in [-0.2, 0) is 27.0 Å². The lowest BCUT2D eigenvalue weighted by Gasteiger charge is -2.39. The fraction of sp³-hybridized carbons (Fsp3) is 0.579. The minimum Gasteiger partial charge on any atom is -0.421 e. The SMILES string of the molecule is C[C@@](N)(Cc1ccccc1)c1nnc(C2(N)CCC3(CC2)OCCO3)o1. The first-order valence-electron chi connectivity index (χ1n) is 9.15. The second-order valence-corrected chi connectivity index (χ2v) is 7.76. The van der Waals surface area contributed by atoms with Gasteiger partial charge in [0.05, 0.1) is 24.3 Å². The van der Waals surface area contributed by atoms with Crippen molar-refractivity contribution in [3.05, 3.63) is 47.7 Å². The first-order valence-corrected chi connectivity index (χ1v) is 9.15. The molecule has 26 heavy (non-hydrogen) atoms. The Kier molecular flexibility index (Phi) is 4.35. The van der Waals surface area contributed by atoms with E-state index in [9.17, 15) is 0 Å². The maximum Gasteiger partial charge on any atom is 0.236 e. The summed E-state index contributed by atoms with van der Waals surface area (Å²) in [6, 6.07) is 10.0. The zero-order chi connectivity index (χ0) is 18.3. The summed E-state index contributed by atoms with van der Waals surface area (Å²) < 4.78 is 17.5. The molecule has 1 aromatic heterocycles. The Labute approximate surface area is 153 Å². The van der Waals surface area contributed by atoms with Crippen LogP contribution in [0.5, 0.6) is 0 Å². The predicted octanol–water partition coefficient (Wildman–Crippen LogP) is 1.96. The van der Waals surface area contributed by atoms with Crippen LogP contribution < -0.4 is 11.5 Å². The number of nitrogens with two attached hydrogens (primary N) is 2. The molecular formula is C19H26N4O3. The van der Waals surface area contributed by atoms with Crippen LogP contribution in [0, 0.1) is 0 Å². The van der Waals surface area contributed by atoms with E-state index in [-0.39, 0.29) is 0 Å². The molecule has 7 heteroatoms. The van der Waals surface area contributed by atoms with E-state index in [4.69, 9.17) is 25.4 Å². The van der Waals surface area contributed by atoms with Crippen molar-refractivity contribution in [1.82, 2.24) is 10.2 Å². The predicted molar refractivity (Wildman–Crippen MR) is 95.0 cm³/mol. The zero-order valence-electron chi connectivity index (χ0n) is 15.1. The molecule has 2 heterocycles. The van der Waals surface area contributed by atoms with Gasteiger partial charge < -0.3 is 25.4 Å². The molecule has 0 bridgehead atoms. The molecule has 1 saturated heterocycles. The van der Waals surface area contributed by atoms with Gasteiger partial charge >= 0.3 is 0 Å². The monoisotopic (exact) mass is 358 g/mol. The number of hydrogen-bond acceptors (Lipinski definition) is 7. The van der Waals surface area contributed by atoms with E-state index < -0.39 is 16.9 Å². The van der Waals surface area contributed by atoms with E-state index >= 15 is 0 Å². The highest BCUT2D eigenvalue weighted by Gasteiger charge is 2.48. The van der Waals surface area contributed by atoms with Gasteiger partial charge in [-0.05, 0) is 31.7 Å². The van der Waals surface area contributed by atoms with Crippen LogP contribution in [0.1, 0.15) is 50.0 Å². The fourth-order valence-electron chi connectivity index (χ4n) is 3.83. The molecule has 2 fully saturated rings. The van der Waals surface area contributed by atoms with Crippen molar-refractivity contribution in [2.75, 3.05) is 13.2 Å². The maximum absolute atomic E-state index is 6.59. The van der Waals surface area contributed by atoms with E-state index in [1.54, 1.807) is 0 Å². The number of rotatable bonds is 4. The summed E-state index contributed by atoms with van der Waals surface area (Å²) in [5.74, 6) is 0.390. The number of benzene rings is 1. The zero-order valence-corrected chi connectivity index (χ0v) is 15.1. The van der Waals surface area contributed by atoms with E-state index in [2.05, 4.69) is 10.2 Å². The van der Waals surface area contributed by atoms with Crippen molar-refractivity contribution < 1.29 is 13.9 Å². The van der Waals surface area contributed by atoms with Crippen LogP contribution in [0.25, 0.3) is 0 Å². The third kappa shape index (κ3) is 3.27. The van der Waals surface area contributed by atoms with Crippen molar-refractivity contribution in [3.63, 3.8) is 0 Å². The van der Waals surface area contributed by atoms with Gasteiger partial charge in [-0.15, -0.1) is 10.2 Å². The lowest BCUT2D eigenvalue weighted by Crippen LogP contribution is -2.47. The van der Waals surface area contributed by atoms with Crippen LogP contribution in [0.15, 0.2) is 34.7 Å². The van der Waals surface area contributed by atoms with Crippen molar-refractivity contribution in [1.29, 1.82) is 0 Å². The molecule has 2 aliphatic rings. The van der Waals surface area contributed by atoms with Crippen LogP contribution >= 0.6 is 0 Å². The number of hydrogen-bond donors (Lipinski definition) is 2. The van der Waals surface area contributed by atoms with Gasteiger partial charge in [-0.3, -0.25) is 0 Å². The minimum absolute atomic E-state index is 0.412. The highest BCUT2D eigenvalue weighted by Crippen LogP contribution is 2.43. The molecule has 4 rings (SSSR count). The summed E-state index contributed by atoms with van der Waals surface area (Å²) in [6.45, 7) is 3.19. The molecule has 1 saturated carbocycles. The summed E-state index contributed by atoms with van der Waals surface area (Å²) in [7, 11) is 0. The molecule has 140 valence electrons. The van der Waals surface area contributed by atoms with Gasteiger partial charge in [0.15, 0.2) is 5.79 Å². The number of nitrogens with zero attached hydrogens (tertiary/aromatic N) is 2. The van der Waals surface area contributed by atoms with Gasteiger partial charge in [0.25, 0.3) is 0 Å². The van der Waals surface area contributed by atoms with E-state index in [0.717, 1.165) is 18.4 Å². The number of aromatic nitrogens is 2. The lowest BCUT2D eigenvalue weighted by molar-refractivity contribution is -0.186. The summed E-state index contributed by atoms with van der Waals surface area (Å²) in [5.41, 5.74) is 12.8. The van der Waals surface area contributed by atoms with E-state index in [1.807, 2.05) is 37.3 Å². The summed E-state index contributed by atoms with van der Waals surface area (Å²) in [4.78, 5) is 0. The summed E-state index contributed by atoms with van der Waals surface area (Å²) in [5, 5.41) is 8.44. The fourth-order valence-corrected chi connectivity index (χ4v) is 3.83. The quantitative estimate of drug-likeness (QED) is 0.859. The molecule has 0 amide bonds. The summed E-state index contributed by atoms with van der Waals surface area (Å²) in [6.07, 6.45) is 3.41. The van der Waals surface area contributed by atoms with Crippen LogP contribution in [0.4, 0.5) is 0 Å². The molecule has 0 unspecified atom stereocenters. The van der Waals surface area contributed by atoms with Crippen molar-refractivity contribution in [2.45, 2.75) is 55.9 Å². The highest BCUT2D eigenvalue weighted by atomic mass is 16.7. The van der Waals surface area contributed by atoms with Gasteiger partial charge in [-0.1, -0.05) is 30.3 Å². The third-order valence-electron chi connectivity index (χ3n) is 5.47. The molecule has 1 atom stereocenters. The molecule has 2 aromatic rings. The van der Waals surface area contributed by atoms with Crippen molar-refractivity contribution in [3.8, 4) is 0 Å². The Bertz CT molecular complexity index is 743. The molecule has 1 spiro atoms. The Morgan fingerprint density at radius 3 is 2.35 bits per heavy atom. The first kappa shape index (κ1) is 17.6. The highest BCUT2D eigenvalue weighted by molar-refractivity contribution is 5.19. The van der Waals surface area contributed by atoms with Crippen LogP contribution in [0.2, 0.25) is 0 Å². The average Bonchev–Trinajstić information content (AvgIpc) is 3.30. The topological polar surface area (TPSA) is 109 Å². The van der Waals surface area contributed by atoms with E-state index in [1.165, 1.54) is 0 Å².